The van der Waals surface area contributed by atoms with Crippen LogP contribution in [0.4, 0.5) is 0 Å². The molecule has 0 heterocycles. The summed E-state index contributed by atoms with van der Waals surface area (Å²) in [6, 6.07) is 0. The number of ether oxygens (including phenoxy) is 1. The highest BCUT2D eigenvalue weighted by Crippen LogP contribution is 2.14. The van der Waals surface area contributed by atoms with E-state index in [4.69, 9.17) is 4.74 Å². The van der Waals surface area contributed by atoms with Crippen molar-refractivity contribution in [1.29, 1.82) is 0 Å². The predicted octanol–water partition coefficient (Wildman–Crippen LogP) is 5.79. The van der Waals surface area contributed by atoms with Crippen LogP contribution in [0.3, 0.4) is 0 Å². The van der Waals surface area contributed by atoms with E-state index in [1.807, 2.05) is 0 Å². The highest BCUT2D eigenvalue weighted by molar-refractivity contribution is 9.09. The number of alkyl halides is 1. The first kappa shape index (κ1) is 19.7. The molecule has 0 saturated carbocycles. The summed E-state index contributed by atoms with van der Waals surface area (Å²) in [5.74, 6) is -0.148. The first-order valence-electron chi connectivity index (χ1n) is 8.16. The van der Waals surface area contributed by atoms with Gasteiger partial charge in [-0.05, 0) is 32.1 Å². The van der Waals surface area contributed by atoms with Crippen LogP contribution in [0.25, 0.3) is 0 Å². The molecule has 0 radical (unpaired) electrons. The number of allylic oxidation sites excluding steroid dienone is 1. The van der Waals surface area contributed by atoms with E-state index in [0.717, 1.165) is 43.9 Å². The van der Waals surface area contributed by atoms with Crippen molar-refractivity contribution in [3.05, 3.63) is 11.6 Å². The summed E-state index contributed by atoms with van der Waals surface area (Å²) in [6.07, 6.45) is 13.1. The molecule has 0 aromatic rings. The molecule has 0 unspecified atom stereocenters. The number of hydrogen-bond acceptors (Lipinski definition) is 2. The molecule has 0 aliphatic rings. The standard InChI is InChI=1S/C17H31BrO2/c1-3-5-12-16(11-4-2)15-17(19)20-14-10-8-6-7-9-13-18/h15H,3-14H2,1-2H3/b16-15-. The molecule has 0 rings (SSSR count). The van der Waals surface area contributed by atoms with Gasteiger partial charge in [0.2, 0.25) is 0 Å². The molecule has 0 aliphatic heterocycles. The van der Waals surface area contributed by atoms with Crippen LogP contribution in [-0.4, -0.2) is 17.9 Å². The lowest BCUT2D eigenvalue weighted by Gasteiger charge is -2.06. The first-order valence-corrected chi connectivity index (χ1v) is 9.28. The highest BCUT2D eigenvalue weighted by Gasteiger charge is 2.03. The lowest BCUT2D eigenvalue weighted by molar-refractivity contribution is -0.137. The molecular weight excluding hydrogens is 316 g/mol. The molecule has 0 aromatic carbocycles. The largest absolute Gasteiger partial charge is 0.463 e. The second-order valence-corrected chi connectivity index (χ2v) is 6.07. The third-order valence-electron chi connectivity index (χ3n) is 3.27. The molecule has 3 heteroatoms. The highest BCUT2D eigenvalue weighted by atomic mass is 79.9. The van der Waals surface area contributed by atoms with Gasteiger partial charge in [-0.15, -0.1) is 0 Å². The molecule has 0 saturated heterocycles. The van der Waals surface area contributed by atoms with E-state index in [1.165, 1.54) is 31.3 Å². The lowest BCUT2D eigenvalue weighted by atomic mass is 10.0. The van der Waals surface area contributed by atoms with Crippen LogP contribution in [0.1, 0.15) is 78.1 Å². The van der Waals surface area contributed by atoms with Crippen LogP contribution in [0, 0.1) is 0 Å². The van der Waals surface area contributed by atoms with Crippen molar-refractivity contribution < 1.29 is 9.53 Å². The van der Waals surface area contributed by atoms with E-state index < -0.39 is 0 Å². The predicted molar refractivity (Wildman–Crippen MR) is 90.4 cm³/mol. The smallest absolute Gasteiger partial charge is 0.330 e. The average molecular weight is 347 g/mol. The van der Waals surface area contributed by atoms with Gasteiger partial charge < -0.3 is 4.74 Å². The topological polar surface area (TPSA) is 26.3 Å². The lowest BCUT2D eigenvalue weighted by Crippen LogP contribution is -2.04. The van der Waals surface area contributed by atoms with Crippen molar-refractivity contribution in [2.24, 2.45) is 0 Å². The Hall–Kier alpha value is -0.310. The van der Waals surface area contributed by atoms with Gasteiger partial charge in [-0.25, -0.2) is 4.79 Å². The summed E-state index contributed by atoms with van der Waals surface area (Å²) in [7, 11) is 0. The molecule has 118 valence electrons. The van der Waals surface area contributed by atoms with Crippen LogP contribution in [0.2, 0.25) is 0 Å². The number of halogens is 1. The van der Waals surface area contributed by atoms with Crippen molar-refractivity contribution >= 4 is 21.9 Å². The van der Waals surface area contributed by atoms with Gasteiger partial charge in [-0.1, -0.05) is 67.5 Å². The number of esters is 1. The van der Waals surface area contributed by atoms with Crippen molar-refractivity contribution in [2.75, 3.05) is 11.9 Å². The second kappa shape index (κ2) is 15.1. The van der Waals surface area contributed by atoms with Crippen molar-refractivity contribution in [3.8, 4) is 0 Å². The molecule has 0 spiro atoms. The minimum atomic E-state index is -0.148. The van der Waals surface area contributed by atoms with Crippen LogP contribution < -0.4 is 0 Å². The SMILES string of the molecule is CCCC/C(=C\C(=O)OCCCCCCCBr)CCC. The number of carbonyl (C=O) groups is 1. The maximum atomic E-state index is 11.7. The Balaban J connectivity index is 3.76. The summed E-state index contributed by atoms with van der Waals surface area (Å²) < 4.78 is 5.28. The summed E-state index contributed by atoms with van der Waals surface area (Å²) in [4.78, 5) is 11.7. The quantitative estimate of drug-likeness (QED) is 0.182. The van der Waals surface area contributed by atoms with Gasteiger partial charge in [0.05, 0.1) is 6.61 Å². The van der Waals surface area contributed by atoms with Gasteiger partial charge in [0.25, 0.3) is 0 Å². The fourth-order valence-electron chi connectivity index (χ4n) is 2.10. The number of carbonyl (C=O) groups excluding carboxylic acids is 1. The molecule has 0 fully saturated rings. The van der Waals surface area contributed by atoms with E-state index in [0.29, 0.717) is 6.61 Å². The van der Waals surface area contributed by atoms with Gasteiger partial charge in [0, 0.05) is 11.4 Å². The maximum Gasteiger partial charge on any atom is 0.330 e. The summed E-state index contributed by atoms with van der Waals surface area (Å²) in [6.45, 7) is 4.90. The Bertz CT molecular complexity index is 262. The van der Waals surface area contributed by atoms with E-state index in [1.54, 1.807) is 6.08 Å². The van der Waals surface area contributed by atoms with Crippen molar-refractivity contribution in [1.82, 2.24) is 0 Å². The van der Waals surface area contributed by atoms with Crippen LogP contribution >= 0.6 is 15.9 Å². The molecule has 0 bridgehead atoms. The maximum absolute atomic E-state index is 11.7. The van der Waals surface area contributed by atoms with Gasteiger partial charge >= 0.3 is 5.97 Å². The summed E-state index contributed by atoms with van der Waals surface area (Å²) >= 11 is 3.43. The molecule has 0 amide bonds. The minimum Gasteiger partial charge on any atom is -0.463 e. The molecule has 0 atom stereocenters. The number of unbranched alkanes of at least 4 members (excludes halogenated alkanes) is 5. The van der Waals surface area contributed by atoms with Crippen LogP contribution in [0.15, 0.2) is 11.6 Å². The monoisotopic (exact) mass is 346 g/mol. The van der Waals surface area contributed by atoms with Gasteiger partial charge in [0.1, 0.15) is 0 Å². The molecule has 2 nitrogen and oxygen atoms in total. The Morgan fingerprint density at radius 3 is 2.30 bits per heavy atom. The van der Waals surface area contributed by atoms with Crippen LogP contribution in [0.5, 0.6) is 0 Å². The van der Waals surface area contributed by atoms with Crippen molar-refractivity contribution in [3.63, 3.8) is 0 Å². The summed E-state index contributed by atoms with van der Waals surface area (Å²) in [5, 5.41) is 1.09. The zero-order chi connectivity index (χ0) is 15.1. The Labute approximate surface area is 133 Å². The first-order chi connectivity index (χ1) is 9.74. The van der Waals surface area contributed by atoms with E-state index >= 15 is 0 Å². The summed E-state index contributed by atoms with van der Waals surface area (Å²) in [5.41, 5.74) is 1.25. The van der Waals surface area contributed by atoms with Crippen molar-refractivity contribution in [2.45, 2.75) is 78.1 Å². The van der Waals surface area contributed by atoms with Gasteiger partial charge in [-0.3, -0.25) is 0 Å². The zero-order valence-corrected chi connectivity index (χ0v) is 14.8. The Kier molecular flexibility index (Phi) is 14.9. The Morgan fingerprint density at radius 2 is 1.65 bits per heavy atom. The number of rotatable bonds is 13. The zero-order valence-electron chi connectivity index (χ0n) is 13.3. The Morgan fingerprint density at radius 1 is 0.950 bits per heavy atom. The van der Waals surface area contributed by atoms with E-state index in [-0.39, 0.29) is 5.97 Å². The third kappa shape index (κ3) is 12.7. The molecular formula is C17H31BrO2. The van der Waals surface area contributed by atoms with Gasteiger partial charge in [-0.2, -0.15) is 0 Å². The molecule has 0 aromatic heterocycles. The number of hydrogen-bond donors (Lipinski definition) is 0. The van der Waals surface area contributed by atoms with E-state index in [9.17, 15) is 4.79 Å². The molecule has 0 N–H and O–H groups in total. The molecule has 20 heavy (non-hydrogen) atoms. The fraction of sp³-hybridized carbons (Fsp3) is 0.824. The van der Waals surface area contributed by atoms with E-state index in [2.05, 4.69) is 29.8 Å². The third-order valence-corrected chi connectivity index (χ3v) is 3.83. The normalized spacial score (nSPS) is 11.7. The fourth-order valence-corrected chi connectivity index (χ4v) is 2.50. The van der Waals surface area contributed by atoms with Gasteiger partial charge in [0.15, 0.2) is 0 Å². The van der Waals surface area contributed by atoms with Crippen LogP contribution in [-0.2, 0) is 9.53 Å². The minimum absolute atomic E-state index is 0.148. The molecule has 0 aliphatic carbocycles. The average Bonchev–Trinajstić information content (AvgIpc) is 2.44. The second-order valence-electron chi connectivity index (χ2n) is 5.28.